The van der Waals surface area contributed by atoms with E-state index in [1.54, 1.807) is 12.1 Å². The van der Waals surface area contributed by atoms with E-state index < -0.39 is 15.9 Å². The van der Waals surface area contributed by atoms with Gasteiger partial charge in [0, 0.05) is 27.5 Å². The van der Waals surface area contributed by atoms with Crippen LogP contribution in [0.2, 0.25) is 0 Å². The third kappa shape index (κ3) is 5.24. The summed E-state index contributed by atoms with van der Waals surface area (Å²) >= 11 is 4.80. The summed E-state index contributed by atoms with van der Waals surface area (Å²) in [6.07, 6.45) is 0.555. The summed E-state index contributed by atoms with van der Waals surface area (Å²) in [5.74, 6) is -0.534. The minimum absolute atomic E-state index is 0.0462. The molecule has 0 radical (unpaired) electrons. The van der Waals surface area contributed by atoms with E-state index in [-0.39, 0.29) is 11.3 Å². The molecule has 1 amide bonds. The molecule has 0 unspecified atom stereocenters. The largest absolute Gasteiger partial charge is 0.274 e. The van der Waals surface area contributed by atoms with Crippen LogP contribution in [0.25, 0.3) is 10.6 Å². The second-order valence-corrected chi connectivity index (χ2v) is 9.43. The number of nitrogens with one attached hydrogen (secondary N) is 1. The number of aromatic nitrogens is 1. The first-order valence-corrected chi connectivity index (χ1v) is 11.3. The first-order valence-electron chi connectivity index (χ1n) is 8.16. The van der Waals surface area contributed by atoms with E-state index in [9.17, 15) is 13.2 Å². The van der Waals surface area contributed by atoms with Crippen LogP contribution in [0.5, 0.6) is 0 Å². The zero-order valence-corrected chi connectivity index (χ0v) is 17.7. The Balaban J connectivity index is 1.68. The lowest BCUT2D eigenvalue weighted by atomic mass is 10.1. The van der Waals surface area contributed by atoms with Gasteiger partial charge in [-0.3, -0.25) is 4.79 Å². The third-order valence-corrected chi connectivity index (χ3v) is 6.72. The number of carbonyl (C=O) groups is 1. The van der Waals surface area contributed by atoms with Crippen molar-refractivity contribution < 1.29 is 13.2 Å². The molecule has 0 saturated heterocycles. The molecule has 5 nitrogen and oxygen atoms in total. The molecule has 1 heterocycles. The molecule has 0 saturated carbocycles. The monoisotopic (exact) mass is 464 g/mol. The van der Waals surface area contributed by atoms with E-state index in [1.807, 2.05) is 36.6 Å². The molecular formula is C19H17BrN2O3S2. The fourth-order valence-electron chi connectivity index (χ4n) is 2.45. The van der Waals surface area contributed by atoms with Crippen molar-refractivity contribution in [2.45, 2.75) is 24.7 Å². The minimum atomic E-state index is -3.92. The number of sulfonamides is 1. The molecule has 0 aliphatic rings. The van der Waals surface area contributed by atoms with Gasteiger partial charge in [0.15, 0.2) is 0 Å². The number of thiazole rings is 1. The van der Waals surface area contributed by atoms with Gasteiger partial charge in [0.1, 0.15) is 5.01 Å². The summed E-state index contributed by atoms with van der Waals surface area (Å²) < 4.78 is 28.2. The van der Waals surface area contributed by atoms with Crippen molar-refractivity contribution in [2.24, 2.45) is 0 Å². The fourth-order valence-corrected chi connectivity index (χ4v) is 4.57. The Morgan fingerprint density at radius 1 is 1.19 bits per heavy atom. The number of rotatable bonds is 6. The van der Waals surface area contributed by atoms with Crippen LogP contribution < -0.4 is 4.72 Å². The zero-order valence-electron chi connectivity index (χ0n) is 14.5. The van der Waals surface area contributed by atoms with E-state index in [2.05, 4.69) is 25.6 Å². The number of amides is 1. The van der Waals surface area contributed by atoms with Crippen LogP contribution in [0.4, 0.5) is 0 Å². The SMILES string of the molecule is Cc1csc(-c2cccc(S(=O)(=O)NC(=O)CCc3ccc(Br)cc3)c2)n1. The lowest BCUT2D eigenvalue weighted by molar-refractivity contribution is -0.119. The normalized spacial score (nSPS) is 11.3. The number of hydrogen-bond acceptors (Lipinski definition) is 5. The highest BCUT2D eigenvalue weighted by molar-refractivity contribution is 9.10. The fraction of sp³-hybridized carbons (Fsp3) is 0.158. The Morgan fingerprint density at radius 2 is 1.93 bits per heavy atom. The van der Waals surface area contributed by atoms with Crippen LogP contribution in [-0.4, -0.2) is 19.3 Å². The molecule has 140 valence electrons. The molecule has 0 bridgehead atoms. The van der Waals surface area contributed by atoms with E-state index in [0.717, 1.165) is 20.7 Å². The van der Waals surface area contributed by atoms with Crippen LogP contribution in [0.15, 0.2) is 63.3 Å². The Hall–Kier alpha value is -2.03. The predicted molar refractivity (Wildman–Crippen MR) is 110 cm³/mol. The van der Waals surface area contributed by atoms with Crippen molar-refractivity contribution in [1.29, 1.82) is 0 Å². The lowest BCUT2D eigenvalue weighted by Crippen LogP contribution is -2.30. The molecule has 0 aliphatic carbocycles. The second-order valence-electron chi connectivity index (χ2n) is 5.98. The average Bonchev–Trinajstić information content (AvgIpc) is 3.07. The van der Waals surface area contributed by atoms with Crippen LogP contribution in [0, 0.1) is 6.92 Å². The van der Waals surface area contributed by atoms with Gasteiger partial charge < -0.3 is 0 Å². The van der Waals surface area contributed by atoms with Crippen molar-refractivity contribution in [2.75, 3.05) is 0 Å². The summed E-state index contributed by atoms with van der Waals surface area (Å²) in [5.41, 5.74) is 2.55. The summed E-state index contributed by atoms with van der Waals surface area (Å²) in [6, 6.07) is 14.0. The Labute approximate surface area is 170 Å². The predicted octanol–water partition coefficient (Wildman–Crippen LogP) is 4.32. The molecular weight excluding hydrogens is 448 g/mol. The van der Waals surface area contributed by atoms with Gasteiger partial charge in [-0.25, -0.2) is 18.1 Å². The average molecular weight is 465 g/mol. The van der Waals surface area contributed by atoms with Gasteiger partial charge in [-0.05, 0) is 43.2 Å². The van der Waals surface area contributed by atoms with E-state index in [4.69, 9.17) is 0 Å². The first-order chi connectivity index (χ1) is 12.8. The molecule has 8 heteroatoms. The van der Waals surface area contributed by atoms with Gasteiger partial charge in [-0.1, -0.05) is 40.2 Å². The number of carbonyl (C=O) groups excluding carboxylic acids is 1. The molecule has 3 aromatic rings. The Kier molecular flexibility index (Phi) is 6.08. The molecule has 27 heavy (non-hydrogen) atoms. The smallest absolute Gasteiger partial charge is 0.264 e. The summed E-state index contributed by atoms with van der Waals surface area (Å²) in [7, 11) is -3.92. The van der Waals surface area contributed by atoms with Crippen molar-refractivity contribution >= 4 is 43.2 Å². The highest BCUT2D eigenvalue weighted by Gasteiger charge is 2.18. The van der Waals surface area contributed by atoms with Gasteiger partial charge in [0.05, 0.1) is 4.90 Å². The van der Waals surface area contributed by atoms with Crippen molar-refractivity contribution in [1.82, 2.24) is 9.71 Å². The van der Waals surface area contributed by atoms with Gasteiger partial charge in [-0.15, -0.1) is 11.3 Å². The molecule has 0 aliphatic heterocycles. The zero-order chi connectivity index (χ0) is 19.4. The van der Waals surface area contributed by atoms with Crippen LogP contribution in [0.1, 0.15) is 17.7 Å². The molecule has 3 rings (SSSR count). The summed E-state index contributed by atoms with van der Waals surface area (Å²) in [6.45, 7) is 1.88. The minimum Gasteiger partial charge on any atom is -0.274 e. The maximum absolute atomic E-state index is 12.5. The standard InChI is InChI=1S/C19H17BrN2O3S2/c1-13-12-26-19(21-13)15-3-2-4-17(11-15)27(24,25)22-18(23)10-7-14-5-8-16(20)9-6-14/h2-6,8-9,11-12H,7,10H2,1H3,(H,22,23). The molecule has 2 aromatic carbocycles. The van der Waals surface area contributed by atoms with E-state index >= 15 is 0 Å². The van der Waals surface area contributed by atoms with Gasteiger partial charge in [0.25, 0.3) is 10.0 Å². The Bertz CT molecular complexity index is 1060. The molecule has 0 fully saturated rings. The molecule has 0 atom stereocenters. The Morgan fingerprint density at radius 3 is 2.59 bits per heavy atom. The third-order valence-electron chi connectivity index (χ3n) is 3.81. The van der Waals surface area contributed by atoms with Crippen LogP contribution in [-0.2, 0) is 21.2 Å². The molecule has 0 spiro atoms. The number of benzene rings is 2. The maximum atomic E-state index is 12.5. The van der Waals surface area contributed by atoms with Crippen molar-refractivity contribution in [3.8, 4) is 10.6 Å². The van der Waals surface area contributed by atoms with Gasteiger partial charge in [-0.2, -0.15) is 0 Å². The van der Waals surface area contributed by atoms with Crippen molar-refractivity contribution in [3.05, 3.63) is 69.6 Å². The highest BCUT2D eigenvalue weighted by Crippen LogP contribution is 2.25. The highest BCUT2D eigenvalue weighted by atomic mass is 79.9. The van der Waals surface area contributed by atoms with E-state index in [1.165, 1.54) is 23.5 Å². The number of nitrogens with zero attached hydrogens (tertiary/aromatic N) is 1. The maximum Gasteiger partial charge on any atom is 0.264 e. The number of halogens is 1. The second kappa shape index (κ2) is 8.33. The molecule has 1 N–H and O–H groups in total. The quantitative estimate of drug-likeness (QED) is 0.589. The lowest BCUT2D eigenvalue weighted by Gasteiger charge is -2.08. The van der Waals surface area contributed by atoms with Crippen LogP contribution >= 0.6 is 27.3 Å². The molecule has 1 aromatic heterocycles. The number of hydrogen-bond donors (Lipinski definition) is 1. The van der Waals surface area contributed by atoms with Gasteiger partial charge >= 0.3 is 0 Å². The van der Waals surface area contributed by atoms with E-state index in [0.29, 0.717) is 12.0 Å². The first kappa shape index (κ1) is 19.7. The topological polar surface area (TPSA) is 76.1 Å². The van der Waals surface area contributed by atoms with Gasteiger partial charge in [0.2, 0.25) is 5.91 Å². The number of aryl methyl sites for hydroxylation is 2. The van der Waals surface area contributed by atoms with Crippen molar-refractivity contribution in [3.63, 3.8) is 0 Å². The summed E-state index contributed by atoms with van der Waals surface area (Å²) in [4.78, 5) is 16.5. The van der Waals surface area contributed by atoms with Crippen LogP contribution in [0.3, 0.4) is 0 Å². The summed E-state index contributed by atoms with van der Waals surface area (Å²) in [5, 5.41) is 2.64.